The Labute approximate surface area is 99.3 Å². The van der Waals surface area contributed by atoms with E-state index in [2.05, 4.69) is 10.3 Å². The first-order valence-corrected chi connectivity index (χ1v) is 5.84. The molecule has 1 atom stereocenters. The quantitative estimate of drug-likeness (QED) is 0.857. The summed E-state index contributed by atoms with van der Waals surface area (Å²) in [6, 6.07) is 6.61. The Morgan fingerprint density at radius 2 is 2.35 bits per heavy atom. The molecule has 3 nitrogen and oxygen atoms in total. The molecule has 1 saturated heterocycles. The van der Waals surface area contributed by atoms with E-state index in [-0.39, 0.29) is 5.82 Å². The van der Waals surface area contributed by atoms with Gasteiger partial charge in [-0.2, -0.15) is 0 Å². The lowest BCUT2D eigenvalue weighted by Gasteiger charge is -2.12. The molecule has 0 saturated carbocycles. The minimum atomic E-state index is -0.216. The number of hydrogen-bond acceptors (Lipinski definition) is 2. The lowest BCUT2D eigenvalue weighted by Crippen LogP contribution is -2.11. The van der Waals surface area contributed by atoms with Crippen LogP contribution in [0.15, 0.2) is 36.7 Å². The molecule has 88 valence electrons. The maximum Gasteiger partial charge on any atom is 0.125 e. The van der Waals surface area contributed by atoms with Crippen molar-refractivity contribution in [3.05, 3.63) is 48.3 Å². The third-order valence-electron chi connectivity index (χ3n) is 3.18. The van der Waals surface area contributed by atoms with Gasteiger partial charge in [-0.25, -0.2) is 9.37 Å². The molecular weight excluding hydrogens is 217 g/mol. The highest BCUT2D eigenvalue weighted by Crippen LogP contribution is 2.23. The van der Waals surface area contributed by atoms with Gasteiger partial charge in [0.05, 0.1) is 0 Å². The van der Waals surface area contributed by atoms with Gasteiger partial charge >= 0.3 is 0 Å². The molecule has 2 aromatic rings. The Morgan fingerprint density at radius 3 is 3.12 bits per heavy atom. The minimum absolute atomic E-state index is 0.216. The molecule has 1 N–H and O–H groups in total. The van der Waals surface area contributed by atoms with E-state index in [1.807, 2.05) is 16.8 Å². The SMILES string of the molecule is Fc1cccc(-n2ccnc2C2CCNC2)c1. The third-order valence-corrected chi connectivity index (χ3v) is 3.18. The predicted molar refractivity (Wildman–Crippen MR) is 63.7 cm³/mol. The average molecular weight is 231 g/mol. The van der Waals surface area contributed by atoms with E-state index in [0.717, 1.165) is 31.0 Å². The van der Waals surface area contributed by atoms with Crippen LogP contribution < -0.4 is 5.32 Å². The fourth-order valence-corrected chi connectivity index (χ4v) is 2.34. The van der Waals surface area contributed by atoms with Gasteiger partial charge in [-0.05, 0) is 31.2 Å². The molecular formula is C13H14FN3. The first-order chi connectivity index (χ1) is 8.34. The summed E-state index contributed by atoms with van der Waals surface area (Å²) in [6.45, 7) is 1.98. The second-order valence-corrected chi connectivity index (χ2v) is 4.33. The number of aromatic nitrogens is 2. The first kappa shape index (κ1) is 10.5. The highest BCUT2D eigenvalue weighted by Gasteiger charge is 2.21. The molecule has 1 aromatic heterocycles. The Morgan fingerprint density at radius 1 is 1.41 bits per heavy atom. The van der Waals surface area contributed by atoms with Crippen LogP contribution in [0.3, 0.4) is 0 Å². The van der Waals surface area contributed by atoms with Crippen LogP contribution in [0.2, 0.25) is 0 Å². The fraction of sp³-hybridized carbons (Fsp3) is 0.308. The number of rotatable bonds is 2. The second-order valence-electron chi connectivity index (χ2n) is 4.33. The second kappa shape index (κ2) is 4.30. The predicted octanol–water partition coefficient (Wildman–Crippen LogP) is 2.09. The smallest absolute Gasteiger partial charge is 0.125 e. The van der Waals surface area contributed by atoms with Crippen molar-refractivity contribution in [1.29, 1.82) is 0 Å². The fourth-order valence-electron chi connectivity index (χ4n) is 2.34. The Bertz CT molecular complexity index is 515. The topological polar surface area (TPSA) is 29.9 Å². The van der Waals surface area contributed by atoms with Crippen LogP contribution in [-0.2, 0) is 0 Å². The van der Waals surface area contributed by atoms with Crippen LogP contribution in [-0.4, -0.2) is 22.6 Å². The van der Waals surface area contributed by atoms with Gasteiger partial charge in [0.1, 0.15) is 11.6 Å². The van der Waals surface area contributed by atoms with Gasteiger partial charge in [-0.1, -0.05) is 6.07 Å². The number of imidazole rings is 1. The highest BCUT2D eigenvalue weighted by atomic mass is 19.1. The van der Waals surface area contributed by atoms with E-state index in [1.165, 1.54) is 12.1 Å². The van der Waals surface area contributed by atoms with Gasteiger partial charge in [0, 0.05) is 30.5 Å². The van der Waals surface area contributed by atoms with Crippen molar-refractivity contribution in [1.82, 2.24) is 14.9 Å². The number of hydrogen-bond donors (Lipinski definition) is 1. The molecule has 1 aromatic carbocycles. The van der Waals surface area contributed by atoms with Crippen molar-refractivity contribution < 1.29 is 4.39 Å². The average Bonchev–Trinajstić information content (AvgIpc) is 3.00. The van der Waals surface area contributed by atoms with Crippen LogP contribution >= 0.6 is 0 Å². The monoisotopic (exact) mass is 231 g/mol. The molecule has 1 aliphatic heterocycles. The van der Waals surface area contributed by atoms with Gasteiger partial charge < -0.3 is 9.88 Å². The van der Waals surface area contributed by atoms with Gasteiger partial charge in [-0.15, -0.1) is 0 Å². The molecule has 17 heavy (non-hydrogen) atoms. The van der Waals surface area contributed by atoms with E-state index < -0.39 is 0 Å². The van der Waals surface area contributed by atoms with Crippen molar-refractivity contribution in [3.63, 3.8) is 0 Å². The van der Waals surface area contributed by atoms with Crippen LogP contribution in [0.4, 0.5) is 4.39 Å². The Kier molecular flexibility index (Phi) is 2.65. The molecule has 2 heterocycles. The van der Waals surface area contributed by atoms with Crippen molar-refractivity contribution in [3.8, 4) is 5.69 Å². The molecule has 0 amide bonds. The van der Waals surface area contributed by atoms with E-state index >= 15 is 0 Å². The normalized spacial score (nSPS) is 19.7. The zero-order valence-electron chi connectivity index (χ0n) is 9.44. The summed E-state index contributed by atoms with van der Waals surface area (Å²) in [5.41, 5.74) is 0.837. The first-order valence-electron chi connectivity index (χ1n) is 5.84. The molecule has 4 heteroatoms. The van der Waals surface area contributed by atoms with Crippen molar-refractivity contribution in [2.24, 2.45) is 0 Å². The van der Waals surface area contributed by atoms with Crippen LogP contribution in [0.1, 0.15) is 18.2 Å². The van der Waals surface area contributed by atoms with Crippen molar-refractivity contribution in [2.75, 3.05) is 13.1 Å². The molecule has 0 bridgehead atoms. The lowest BCUT2D eigenvalue weighted by atomic mass is 10.1. The summed E-state index contributed by atoms with van der Waals surface area (Å²) in [4.78, 5) is 4.40. The molecule has 1 fully saturated rings. The van der Waals surface area contributed by atoms with Gasteiger partial charge in [0.25, 0.3) is 0 Å². The van der Waals surface area contributed by atoms with Gasteiger partial charge in [0.15, 0.2) is 0 Å². The molecule has 0 spiro atoms. The molecule has 0 aliphatic carbocycles. The van der Waals surface area contributed by atoms with E-state index in [1.54, 1.807) is 12.3 Å². The Hall–Kier alpha value is -1.68. The van der Waals surface area contributed by atoms with Crippen molar-refractivity contribution in [2.45, 2.75) is 12.3 Å². The number of nitrogens with one attached hydrogen (secondary N) is 1. The number of halogens is 1. The summed E-state index contributed by atoms with van der Waals surface area (Å²) in [5.74, 6) is 1.22. The number of benzene rings is 1. The zero-order chi connectivity index (χ0) is 11.7. The minimum Gasteiger partial charge on any atom is -0.316 e. The van der Waals surface area contributed by atoms with Crippen LogP contribution in [0, 0.1) is 5.82 Å². The molecule has 3 rings (SSSR count). The summed E-state index contributed by atoms with van der Waals surface area (Å²) >= 11 is 0. The molecule has 0 radical (unpaired) electrons. The maximum absolute atomic E-state index is 13.2. The van der Waals surface area contributed by atoms with Crippen LogP contribution in [0.5, 0.6) is 0 Å². The molecule has 1 aliphatic rings. The third kappa shape index (κ3) is 1.96. The lowest BCUT2D eigenvalue weighted by molar-refractivity contribution is 0.624. The zero-order valence-corrected chi connectivity index (χ0v) is 9.44. The maximum atomic E-state index is 13.2. The summed E-state index contributed by atoms with van der Waals surface area (Å²) in [7, 11) is 0. The van der Waals surface area contributed by atoms with Gasteiger partial charge in [-0.3, -0.25) is 0 Å². The largest absolute Gasteiger partial charge is 0.316 e. The van der Waals surface area contributed by atoms with E-state index in [4.69, 9.17) is 0 Å². The molecule has 1 unspecified atom stereocenters. The van der Waals surface area contributed by atoms with E-state index in [0.29, 0.717) is 5.92 Å². The van der Waals surface area contributed by atoms with E-state index in [9.17, 15) is 4.39 Å². The Balaban J connectivity index is 2.00. The van der Waals surface area contributed by atoms with Crippen LogP contribution in [0.25, 0.3) is 5.69 Å². The highest BCUT2D eigenvalue weighted by molar-refractivity contribution is 5.34. The van der Waals surface area contributed by atoms with Crippen molar-refractivity contribution >= 4 is 0 Å². The standard InChI is InChI=1S/C13H14FN3/c14-11-2-1-3-12(8-11)17-7-6-16-13(17)10-4-5-15-9-10/h1-3,6-8,10,15H,4-5,9H2. The summed E-state index contributed by atoms with van der Waals surface area (Å²) in [5, 5.41) is 3.32. The van der Waals surface area contributed by atoms with Gasteiger partial charge in [0.2, 0.25) is 0 Å². The summed E-state index contributed by atoms with van der Waals surface area (Å²) < 4.78 is 15.2. The number of nitrogens with zero attached hydrogens (tertiary/aromatic N) is 2. The summed E-state index contributed by atoms with van der Waals surface area (Å²) in [6.07, 6.45) is 4.76.